The van der Waals surface area contributed by atoms with Crippen LogP contribution in [0, 0.1) is 12.3 Å². The minimum atomic E-state index is 0.437. The number of fused-ring (bicyclic) bond motifs is 1. The highest BCUT2D eigenvalue weighted by atomic mass is 32.1. The normalized spacial score (nSPS) is 22.9. The Bertz CT molecular complexity index is 552. The minimum Gasteiger partial charge on any atom is -0.308 e. The predicted octanol–water partition coefficient (Wildman–Crippen LogP) is 3.37. The van der Waals surface area contributed by atoms with Gasteiger partial charge in [-0.25, -0.2) is 4.98 Å². The molecule has 4 heteroatoms. The van der Waals surface area contributed by atoms with Gasteiger partial charge in [-0.2, -0.15) is 0 Å². The van der Waals surface area contributed by atoms with Crippen LogP contribution in [-0.4, -0.2) is 15.4 Å². The summed E-state index contributed by atoms with van der Waals surface area (Å²) in [6.45, 7) is 7.79. The molecular weight excluding hydrogens is 242 g/mol. The number of aromatic nitrogens is 2. The van der Waals surface area contributed by atoms with Crippen molar-refractivity contribution in [1.29, 1.82) is 0 Å². The summed E-state index contributed by atoms with van der Waals surface area (Å²) in [5, 5.41) is 5.84. The van der Waals surface area contributed by atoms with Gasteiger partial charge < -0.3 is 5.32 Å². The maximum Gasteiger partial charge on any atom is 0.194 e. The molecule has 1 fully saturated rings. The summed E-state index contributed by atoms with van der Waals surface area (Å²) in [6, 6.07) is 0.640. The molecule has 3 nitrogen and oxygen atoms in total. The van der Waals surface area contributed by atoms with Crippen molar-refractivity contribution in [3.05, 3.63) is 23.0 Å². The fourth-order valence-electron chi connectivity index (χ4n) is 3.08. The topological polar surface area (TPSA) is 29.3 Å². The summed E-state index contributed by atoms with van der Waals surface area (Å²) in [5.41, 5.74) is 2.91. The van der Waals surface area contributed by atoms with Gasteiger partial charge in [0, 0.05) is 24.2 Å². The van der Waals surface area contributed by atoms with Gasteiger partial charge in [0.1, 0.15) is 0 Å². The molecule has 0 saturated heterocycles. The number of rotatable bonds is 3. The van der Waals surface area contributed by atoms with Crippen LogP contribution in [0.25, 0.3) is 4.96 Å². The average Bonchev–Trinajstić information content (AvgIpc) is 2.92. The van der Waals surface area contributed by atoms with Gasteiger partial charge in [-0.15, -0.1) is 11.3 Å². The lowest BCUT2D eigenvalue weighted by Gasteiger charge is -2.28. The smallest absolute Gasteiger partial charge is 0.194 e. The maximum absolute atomic E-state index is 4.60. The first-order chi connectivity index (χ1) is 8.58. The molecule has 3 rings (SSSR count). The number of hydrogen-bond donors (Lipinski definition) is 1. The molecule has 0 aliphatic heterocycles. The Hall–Kier alpha value is -0.870. The predicted molar refractivity (Wildman–Crippen MR) is 76.1 cm³/mol. The van der Waals surface area contributed by atoms with Gasteiger partial charge in [-0.1, -0.05) is 20.3 Å². The molecule has 18 heavy (non-hydrogen) atoms. The number of thiazole rings is 1. The van der Waals surface area contributed by atoms with Crippen molar-refractivity contribution in [1.82, 2.24) is 14.7 Å². The van der Waals surface area contributed by atoms with E-state index >= 15 is 0 Å². The molecule has 1 unspecified atom stereocenters. The van der Waals surface area contributed by atoms with Crippen LogP contribution in [0.4, 0.5) is 0 Å². The second-order valence-electron chi connectivity index (χ2n) is 6.01. The lowest BCUT2D eigenvalue weighted by atomic mass is 9.87. The molecular formula is C14H21N3S. The zero-order valence-corrected chi connectivity index (χ0v) is 12.2. The van der Waals surface area contributed by atoms with Crippen molar-refractivity contribution in [2.24, 2.45) is 5.41 Å². The van der Waals surface area contributed by atoms with Crippen LogP contribution >= 0.6 is 11.3 Å². The number of aryl methyl sites for hydroxylation is 1. The molecule has 1 saturated carbocycles. The lowest BCUT2D eigenvalue weighted by molar-refractivity contribution is 0.281. The van der Waals surface area contributed by atoms with Crippen LogP contribution in [0.1, 0.15) is 44.5 Å². The zero-order valence-electron chi connectivity index (χ0n) is 11.4. The van der Waals surface area contributed by atoms with Crippen LogP contribution in [0.2, 0.25) is 0 Å². The van der Waals surface area contributed by atoms with Crippen molar-refractivity contribution in [3.8, 4) is 0 Å². The zero-order chi connectivity index (χ0) is 12.8. The van der Waals surface area contributed by atoms with E-state index in [2.05, 4.69) is 47.0 Å². The van der Waals surface area contributed by atoms with Gasteiger partial charge in [-0.05, 0) is 25.2 Å². The van der Waals surface area contributed by atoms with Crippen LogP contribution in [0.3, 0.4) is 0 Å². The summed E-state index contributed by atoms with van der Waals surface area (Å²) in [4.78, 5) is 5.70. The second-order valence-corrected chi connectivity index (χ2v) is 6.89. The molecule has 0 amide bonds. The standard InChI is InChI=1S/C14H21N3S/c1-10-11(17-7-8-18-13(17)16-10)9-15-12-5-4-6-14(12,2)3/h7-8,12,15H,4-6,9H2,1-3H3. The molecule has 1 aliphatic rings. The van der Waals surface area contributed by atoms with Crippen LogP contribution < -0.4 is 5.32 Å². The second kappa shape index (κ2) is 4.35. The molecule has 1 aliphatic carbocycles. The highest BCUT2D eigenvalue weighted by Gasteiger charge is 2.34. The number of imidazole rings is 1. The number of nitrogens with one attached hydrogen (secondary N) is 1. The Labute approximate surface area is 112 Å². The van der Waals surface area contributed by atoms with Crippen molar-refractivity contribution >= 4 is 16.3 Å². The first-order valence-electron chi connectivity index (χ1n) is 6.72. The molecule has 2 aromatic heterocycles. The van der Waals surface area contributed by atoms with E-state index in [4.69, 9.17) is 0 Å². The van der Waals surface area contributed by atoms with E-state index in [1.807, 2.05) is 0 Å². The van der Waals surface area contributed by atoms with E-state index in [-0.39, 0.29) is 0 Å². The minimum absolute atomic E-state index is 0.437. The Balaban J connectivity index is 1.77. The van der Waals surface area contributed by atoms with Crippen LogP contribution in [0.5, 0.6) is 0 Å². The maximum atomic E-state index is 4.60. The van der Waals surface area contributed by atoms with E-state index in [0.29, 0.717) is 11.5 Å². The summed E-state index contributed by atoms with van der Waals surface area (Å²) < 4.78 is 2.22. The summed E-state index contributed by atoms with van der Waals surface area (Å²) in [7, 11) is 0. The first-order valence-corrected chi connectivity index (χ1v) is 7.60. The van der Waals surface area contributed by atoms with E-state index in [1.54, 1.807) is 11.3 Å². The monoisotopic (exact) mass is 263 g/mol. The van der Waals surface area contributed by atoms with Gasteiger partial charge in [0.2, 0.25) is 0 Å². The molecule has 1 atom stereocenters. The van der Waals surface area contributed by atoms with Crippen LogP contribution in [0.15, 0.2) is 11.6 Å². The molecule has 0 bridgehead atoms. The lowest BCUT2D eigenvalue weighted by Crippen LogP contribution is -2.37. The third kappa shape index (κ3) is 1.97. The first kappa shape index (κ1) is 12.2. The summed E-state index contributed by atoms with van der Waals surface area (Å²) in [5.74, 6) is 0. The fourth-order valence-corrected chi connectivity index (χ4v) is 3.86. The van der Waals surface area contributed by atoms with Gasteiger partial charge in [-0.3, -0.25) is 4.40 Å². The number of nitrogens with zero attached hydrogens (tertiary/aromatic N) is 2. The number of hydrogen-bond acceptors (Lipinski definition) is 3. The van der Waals surface area contributed by atoms with Gasteiger partial charge >= 0.3 is 0 Å². The Morgan fingerprint density at radius 3 is 3.11 bits per heavy atom. The van der Waals surface area contributed by atoms with Crippen molar-refractivity contribution in [2.75, 3.05) is 0 Å². The Kier molecular flexibility index (Phi) is 2.94. The van der Waals surface area contributed by atoms with E-state index in [1.165, 1.54) is 25.0 Å². The Morgan fingerprint density at radius 1 is 1.56 bits per heavy atom. The van der Waals surface area contributed by atoms with Gasteiger partial charge in [0.25, 0.3) is 0 Å². The third-order valence-corrected chi connectivity index (χ3v) is 5.09. The van der Waals surface area contributed by atoms with Gasteiger partial charge in [0.05, 0.1) is 11.4 Å². The molecule has 98 valence electrons. The molecule has 0 radical (unpaired) electrons. The highest BCUT2D eigenvalue weighted by molar-refractivity contribution is 7.15. The Morgan fingerprint density at radius 2 is 2.39 bits per heavy atom. The van der Waals surface area contributed by atoms with Crippen LogP contribution in [-0.2, 0) is 6.54 Å². The SMILES string of the molecule is Cc1nc2sccn2c1CNC1CCCC1(C)C. The summed E-state index contributed by atoms with van der Waals surface area (Å²) in [6.07, 6.45) is 6.11. The molecule has 0 aromatic carbocycles. The quantitative estimate of drug-likeness (QED) is 0.920. The average molecular weight is 263 g/mol. The van der Waals surface area contributed by atoms with Gasteiger partial charge in [0.15, 0.2) is 4.96 Å². The van der Waals surface area contributed by atoms with Crippen molar-refractivity contribution in [3.63, 3.8) is 0 Å². The fraction of sp³-hybridized carbons (Fsp3) is 0.643. The third-order valence-electron chi connectivity index (χ3n) is 4.33. The molecule has 2 heterocycles. The summed E-state index contributed by atoms with van der Waals surface area (Å²) >= 11 is 1.70. The molecule has 1 N–H and O–H groups in total. The van der Waals surface area contributed by atoms with E-state index in [9.17, 15) is 0 Å². The van der Waals surface area contributed by atoms with Crippen molar-refractivity contribution < 1.29 is 0 Å². The molecule has 2 aromatic rings. The largest absolute Gasteiger partial charge is 0.308 e. The molecule has 0 spiro atoms. The van der Waals surface area contributed by atoms with E-state index < -0.39 is 0 Å². The van der Waals surface area contributed by atoms with Crippen molar-refractivity contribution in [2.45, 2.75) is 52.6 Å². The van der Waals surface area contributed by atoms with E-state index in [0.717, 1.165) is 17.2 Å². The highest BCUT2D eigenvalue weighted by Crippen LogP contribution is 2.37.